The van der Waals surface area contributed by atoms with Crippen molar-refractivity contribution in [3.63, 3.8) is 0 Å². The Morgan fingerprint density at radius 3 is 3.04 bits per heavy atom. The van der Waals surface area contributed by atoms with Gasteiger partial charge in [-0.3, -0.25) is 4.79 Å². The standard InChI is InChI=1S/C16H17N5OS3/c1-21-14(11-8-24-12-5-3-2-4-10(11)12)19-20-16(21)25-9-13(22)18-15-17-6-7-23-15/h6-8H,2-5,9H2,1H3,(H,17,18,22). The molecule has 6 nitrogen and oxygen atoms in total. The molecule has 0 aromatic carbocycles. The average Bonchev–Trinajstić information content (AvgIpc) is 3.33. The molecular weight excluding hydrogens is 374 g/mol. The van der Waals surface area contributed by atoms with Gasteiger partial charge in [-0.25, -0.2) is 4.98 Å². The lowest BCUT2D eigenvalue weighted by Gasteiger charge is -2.12. The summed E-state index contributed by atoms with van der Waals surface area (Å²) in [5, 5.41) is 16.8. The number of thiazole rings is 1. The molecule has 0 aliphatic heterocycles. The number of hydrogen-bond acceptors (Lipinski definition) is 7. The Morgan fingerprint density at radius 2 is 2.20 bits per heavy atom. The first kappa shape index (κ1) is 16.7. The number of amides is 1. The van der Waals surface area contributed by atoms with Gasteiger partial charge in [-0.1, -0.05) is 11.8 Å². The van der Waals surface area contributed by atoms with Crippen LogP contribution < -0.4 is 5.32 Å². The maximum atomic E-state index is 12.0. The molecule has 0 unspecified atom stereocenters. The van der Waals surface area contributed by atoms with Gasteiger partial charge in [0.1, 0.15) is 0 Å². The molecule has 0 spiro atoms. The second-order valence-corrected chi connectivity index (χ2v) is 8.60. The van der Waals surface area contributed by atoms with E-state index in [4.69, 9.17) is 0 Å². The number of thiophene rings is 1. The summed E-state index contributed by atoms with van der Waals surface area (Å²) in [6, 6.07) is 0. The lowest BCUT2D eigenvalue weighted by atomic mass is 9.96. The number of aryl methyl sites for hydroxylation is 1. The first-order chi connectivity index (χ1) is 12.2. The first-order valence-electron chi connectivity index (χ1n) is 8.03. The van der Waals surface area contributed by atoms with E-state index < -0.39 is 0 Å². The van der Waals surface area contributed by atoms with Crippen molar-refractivity contribution >= 4 is 45.5 Å². The highest BCUT2D eigenvalue weighted by Crippen LogP contribution is 2.36. The van der Waals surface area contributed by atoms with Crippen LogP contribution in [0.4, 0.5) is 5.13 Å². The van der Waals surface area contributed by atoms with E-state index in [1.54, 1.807) is 6.20 Å². The number of nitrogens with zero attached hydrogens (tertiary/aromatic N) is 4. The second kappa shape index (κ2) is 7.27. The largest absolute Gasteiger partial charge is 0.305 e. The highest BCUT2D eigenvalue weighted by Gasteiger charge is 2.21. The summed E-state index contributed by atoms with van der Waals surface area (Å²) in [6.45, 7) is 0. The van der Waals surface area contributed by atoms with E-state index in [0.29, 0.717) is 5.13 Å². The smallest absolute Gasteiger partial charge is 0.236 e. The van der Waals surface area contributed by atoms with Crippen LogP contribution in [0.1, 0.15) is 23.3 Å². The van der Waals surface area contributed by atoms with Crippen LogP contribution in [0.2, 0.25) is 0 Å². The van der Waals surface area contributed by atoms with E-state index in [9.17, 15) is 4.79 Å². The van der Waals surface area contributed by atoms with Gasteiger partial charge in [0.05, 0.1) is 5.75 Å². The van der Waals surface area contributed by atoms with Crippen LogP contribution in [-0.2, 0) is 24.7 Å². The summed E-state index contributed by atoms with van der Waals surface area (Å²) in [5.74, 6) is 1.09. The maximum absolute atomic E-state index is 12.0. The van der Waals surface area contributed by atoms with Gasteiger partial charge < -0.3 is 9.88 Å². The molecule has 3 aromatic rings. The lowest BCUT2D eigenvalue weighted by Crippen LogP contribution is -2.14. The molecule has 0 fully saturated rings. The van der Waals surface area contributed by atoms with E-state index in [2.05, 4.69) is 25.9 Å². The van der Waals surface area contributed by atoms with Gasteiger partial charge in [0.25, 0.3) is 0 Å². The molecule has 1 aliphatic rings. The molecule has 9 heteroatoms. The molecule has 1 aliphatic carbocycles. The number of thioether (sulfide) groups is 1. The third kappa shape index (κ3) is 3.49. The Kier molecular flexibility index (Phi) is 4.87. The molecule has 1 N–H and O–H groups in total. The van der Waals surface area contributed by atoms with Crippen molar-refractivity contribution in [1.82, 2.24) is 19.7 Å². The minimum atomic E-state index is -0.0857. The van der Waals surface area contributed by atoms with Crippen molar-refractivity contribution in [2.45, 2.75) is 30.8 Å². The van der Waals surface area contributed by atoms with Crippen molar-refractivity contribution in [2.75, 3.05) is 11.1 Å². The summed E-state index contributed by atoms with van der Waals surface area (Å²) >= 11 is 4.62. The fraction of sp³-hybridized carbons (Fsp3) is 0.375. The van der Waals surface area contributed by atoms with Crippen LogP contribution in [0.15, 0.2) is 22.1 Å². The van der Waals surface area contributed by atoms with E-state index in [0.717, 1.165) is 17.4 Å². The zero-order chi connectivity index (χ0) is 17.2. The number of nitrogens with one attached hydrogen (secondary N) is 1. The van der Waals surface area contributed by atoms with Gasteiger partial charge in [-0.15, -0.1) is 32.9 Å². The van der Waals surface area contributed by atoms with Gasteiger partial charge in [-0.05, 0) is 31.2 Å². The molecule has 3 aromatic heterocycles. The fourth-order valence-electron chi connectivity index (χ4n) is 2.93. The molecular formula is C16H17N5OS3. The number of carbonyl (C=O) groups is 1. The monoisotopic (exact) mass is 391 g/mol. The van der Waals surface area contributed by atoms with E-state index in [1.165, 1.54) is 58.4 Å². The number of carbonyl (C=O) groups excluding carboxylic acids is 1. The van der Waals surface area contributed by atoms with E-state index in [-0.39, 0.29) is 11.7 Å². The minimum absolute atomic E-state index is 0.0857. The van der Waals surface area contributed by atoms with Crippen LogP contribution in [0, 0.1) is 0 Å². The zero-order valence-electron chi connectivity index (χ0n) is 13.7. The minimum Gasteiger partial charge on any atom is -0.305 e. The average molecular weight is 392 g/mol. The normalized spacial score (nSPS) is 13.6. The summed E-state index contributed by atoms with van der Waals surface area (Å²) in [7, 11) is 1.96. The highest BCUT2D eigenvalue weighted by atomic mass is 32.2. The number of fused-ring (bicyclic) bond motifs is 1. The topological polar surface area (TPSA) is 72.7 Å². The third-order valence-corrected chi connectivity index (χ3v) is 6.95. The Labute approximate surface area is 157 Å². The van der Waals surface area contributed by atoms with Crippen LogP contribution >= 0.6 is 34.4 Å². The molecule has 0 atom stereocenters. The molecule has 130 valence electrons. The number of aromatic nitrogens is 4. The predicted molar refractivity (Wildman–Crippen MR) is 102 cm³/mol. The first-order valence-corrected chi connectivity index (χ1v) is 10.8. The van der Waals surface area contributed by atoms with E-state index >= 15 is 0 Å². The highest BCUT2D eigenvalue weighted by molar-refractivity contribution is 7.99. The molecule has 0 saturated carbocycles. The maximum Gasteiger partial charge on any atom is 0.236 e. The van der Waals surface area contributed by atoms with E-state index in [1.807, 2.05) is 28.3 Å². The summed E-state index contributed by atoms with van der Waals surface area (Å²) in [6.07, 6.45) is 6.49. The fourth-order valence-corrected chi connectivity index (χ4v) is 5.31. The van der Waals surface area contributed by atoms with Crippen molar-refractivity contribution in [3.8, 4) is 11.4 Å². The Balaban J connectivity index is 1.46. The summed E-state index contributed by atoms with van der Waals surface area (Å²) in [4.78, 5) is 17.5. The SMILES string of the molecule is Cn1c(SCC(=O)Nc2nccs2)nnc1-c1csc2c1CCCC2. The molecule has 4 rings (SSSR count). The molecule has 0 radical (unpaired) electrons. The van der Waals surface area contributed by atoms with Crippen LogP contribution in [0.25, 0.3) is 11.4 Å². The molecule has 1 amide bonds. The number of hydrogen-bond donors (Lipinski definition) is 1. The number of anilines is 1. The molecule has 0 bridgehead atoms. The Morgan fingerprint density at radius 1 is 1.32 bits per heavy atom. The molecule has 0 saturated heterocycles. The van der Waals surface area contributed by atoms with Gasteiger partial charge >= 0.3 is 0 Å². The van der Waals surface area contributed by atoms with Gasteiger partial charge in [0, 0.05) is 34.4 Å². The quantitative estimate of drug-likeness (QED) is 0.673. The predicted octanol–water partition coefficient (Wildman–Crippen LogP) is 3.61. The van der Waals surface area contributed by atoms with Crippen LogP contribution in [-0.4, -0.2) is 31.4 Å². The number of rotatable bonds is 5. The lowest BCUT2D eigenvalue weighted by molar-refractivity contribution is -0.113. The van der Waals surface area contributed by atoms with Gasteiger partial charge in [-0.2, -0.15) is 0 Å². The second-order valence-electron chi connectivity index (χ2n) is 5.80. The van der Waals surface area contributed by atoms with Crippen LogP contribution in [0.5, 0.6) is 0 Å². The summed E-state index contributed by atoms with van der Waals surface area (Å²) in [5.41, 5.74) is 2.64. The van der Waals surface area contributed by atoms with Crippen LogP contribution in [0.3, 0.4) is 0 Å². The van der Waals surface area contributed by atoms with Gasteiger partial charge in [0.2, 0.25) is 5.91 Å². The summed E-state index contributed by atoms with van der Waals surface area (Å²) < 4.78 is 1.98. The Bertz CT molecular complexity index is 884. The van der Waals surface area contributed by atoms with Crippen molar-refractivity contribution in [2.24, 2.45) is 7.05 Å². The van der Waals surface area contributed by atoms with Gasteiger partial charge in [0.15, 0.2) is 16.1 Å². The molecule has 25 heavy (non-hydrogen) atoms. The third-order valence-electron chi connectivity index (χ3n) is 4.15. The van der Waals surface area contributed by atoms with Crippen molar-refractivity contribution in [1.29, 1.82) is 0 Å². The molecule has 3 heterocycles. The van der Waals surface area contributed by atoms with Crippen molar-refractivity contribution < 1.29 is 4.79 Å². The Hall–Kier alpha value is -1.71. The van der Waals surface area contributed by atoms with Crippen molar-refractivity contribution in [3.05, 3.63) is 27.4 Å². The zero-order valence-corrected chi connectivity index (χ0v) is 16.1.